The Labute approximate surface area is 133 Å². The highest BCUT2D eigenvalue weighted by Gasteiger charge is 2.19. The van der Waals surface area contributed by atoms with E-state index in [2.05, 4.69) is 0 Å². The third kappa shape index (κ3) is 3.97. The van der Waals surface area contributed by atoms with E-state index in [9.17, 15) is 4.79 Å². The monoisotopic (exact) mass is 324 g/mol. The number of Topliss-reactive ketones (excluding diaryl/α,β-unsaturated/α-hetero) is 1. The SMILES string of the molecule is CC(Oc1ccc(CO)cc1)C(=O)c1ccc(Cl)cc1Cl. The first-order valence-electron chi connectivity index (χ1n) is 6.37. The summed E-state index contributed by atoms with van der Waals surface area (Å²) in [5.41, 5.74) is 1.16. The molecule has 0 aliphatic rings. The summed E-state index contributed by atoms with van der Waals surface area (Å²) < 4.78 is 5.59. The third-order valence-electron chi connectivity index (χ3n) is 2.98. The van der Waals surface area contributed by atoms with E-state index in [0.717, 1.165) is 5.56 Å². The molecule has 0 radical (unpaired) electrons. The molecule has 2 aromatic carbocycles. The second-order valence-electron chi connectivity index (χ2n) is 4.55. The van der Waals surface area contributed by atoms with Crippen molar-refractivity contribution in [3.8, 4) is 5.75 Å². The number of hydrogen-bond donors (Lipinski definition) is 1. The predicted molar refractivity (Wildman–Crippen MR) is 83.2 cm³/mol. The van der Waals surface area contributed by atoms with Gasteiger partial charge in [0.05, 0.1) is 11.6 Å². The molecule has 0 bridgehead atoms. The van der Waals surface area contributed by atoms with Gasteiger partial charge in [0.15, 0.2) is 6.10 Å². The molecule has 0 aromatic heterocycles. The molecule has 5 heteroatoms. The van der Waals surface area contributed by atoms with Crippen molar-refractivity contribution in [3.63, 3.8) is 0 Å². The van der Waals surface area contributed by atoms with Gasteiger partial charge in [0, 0.05) is 10.6 Å². The minimum absolute atomic E-state index is 0.0326. The first kappa shape index (κ1) is 15.8. The average molecular weight is 325 g/mol. The lowest BCUT2D eigenvalue weighted by molar-refractivity contribution is 0.0818. The summed E-state index contributed by atoms with van der Waals surface area (Å²) in [5, 5.41) is 9.76. The lowest BCUT2D eigenvalue weighted by Crippen LogP contribution is -2.24. The molecule has 0 aliphatic heterocycles. The molecule has 0 amide bonds. The van der Waals surface area contributed by atoms with E-state index < -0.39 is 6.10 Å². The van der Waals surface area contributed by atoms with E-state index in [0.29, 0.717) is 21.4 Å². The highest BCUT2D eigenvalue weighted by atomic mass is 35.5. The van der Waals surface area contributed by atoms with Crippen LogP contribution in [0.3, 0.4) is 0 Å². The van der Waals surface area contributed by atoms with Gasteiger partial charge in [-0.3, -0.25) is 4.79 Å². The molecule has 1 atom stereocenters. The Morgan fingerprint density at radius 3 is 2.43 bits per heavy atom. The fraction of sp³-hybridized carbons (Fsp3) is 0.188. The van der Waals surface area contributed by atoms with E-state index in [1.54, 1.807) is 43.3 Å². The quantitative estimate of drug-likeness (QED) is 0.841. The van der Waals surface area contributed by atoms with Crippen molar-refractivity contribution >= 4 is 29.0 Å². The number of rotatable bonds is 5. The Morgan fingerprint density at radius 1 is 1.19 bits per heavy atom. The van der Waals surface area contributed by atoms with Gasteiger partial charge >= 0.3 is 0 Å². The number of aliphatic hydroxyl groups excluding tert-OH is 1. The van der Waals surface area contributed by atoms with Gasteiger partial charge in [-0.25, -0.2) is 0 Å². The number of carbonyl (C=O) groups is 1. The van der Waals surface area contributed by atoms with E-state index in [1.807, 2.05) is 0 Å². The van der Waals surface area contributed by atoms with Gasteiger partial charge in [0.2, 0.25) is 5.78 Å². The van der Waals surface area contributed by atoms with Crippen LogP contribution in [0, 0.1) is 0 Å². The van der Waals surface area contributed by atoms with Gasteiger partial charge in [-0.05, 0) is 42.8 Å². The summed E-state index contributed by atoms with van der Waals surface area (Å²) >= 11 is 11.8. The number of ketones is 1. The van der Waals surface area contributed by atoms with Crippen LogP contribution in [0.4, 0.5) is 0 Å². The number of benzene rings is 2. The van der Waals surface area contributed by atoms with Crippen LogP contribution >= 0.6 is 23.2 Å². The minimum Gasteiger partial charge on any atom is -0.483 e. The molecule has 0 heterocycles. The fourth-order valence-electron chi connectivity index (χ4n) is 1.84. The Morgan fingerprint density at radius 2 is 1.86 bits per heavy atom. The number of carbonyl (C=O) groups excluding carboxylic acids is 1. The first-order valence-corrected chi connectivity index (χ1v) is 7.12. The molecule has 1 N–H and O–H groups in total. The van der Waals surface area contributed by atoms with Crippen molar-refractivity contribution in [1.29, 1.82) is 0 Å². The zero-order chi connectivity index (χ0) is 15.4. The van der Waals surface area contributed by atoms with Crippen LogP contribution in [0.5, 0.6) is 5.75 Å². The summed E-state index contributed by atoms with van der Waals surface area (Å²) in [6.07, 6.45) is -0.677. The van der Waals surface area contributed by atoms with Crippen molar-refractivity contribution in [3.05, 3.63) is 63.6 Å². The van der Waals surface area contributed by atoms with Crippen molar-refractivity contribution in [1.82, 2.24) is 0 Å². The summed E-state index contributed by atoms with van der Waals surface area (Å²) in [6, 6.07) is 11.6. The molecule has 21 heavy (non-hydrogen) atoms. The number of aliphatic hydroxyl groups is 1. The van der Waals surface area contributed by atoms with E-state index in [-0.39, 0.29) is 12.4 Å². The molecular formula is C16H14Cl2O3. The highest BCUT2D eigenvalue weighted by molar-refractivity contribution is 6.37. The van der Waals surface area contributed by atoms with Crippen LogP contribution in [0.1, 0.15) is 22.8 Å². The van der Waals surface area contributed by atoms with Crippen molar-refractivity contribution in [2.24, 2.45) is 0 Å². The molecule has 110 valence electrons. The van der Waals surface area contributed by atoms with Crippen LogP contribution in [-0.4, -0.2) is 17.0 Å². The summed E-state index contributed by atoms with van der Waals surface area (Å²) in [5.74, 6) is 0.334. The fourth-order valence-corrected chi connectivity index (χ4v) is 2.34. The molecule has 0 fully saturated rings. The molecule has 0 saturated heterocycles. The molecular weight excluding hydrogens is 311 g/mol. The second-order valence-corrected chi connectivity index (χ2v) is 5.39. The average Bonchev–Trinajstić information content (AvgIpc) is 2.47. The normalized spacial score (nSPS) is 12.0. The lowest BCUT2D eigenvalue weighted by atomic mass is 10.1. The van der Waals surface area contributed by atoms with Crippen LogP contribution < -0.4 is 4.74 Å². The van der Waals surface area contributed by atoms with E-state index in [1.165, 1.54) is 6.07 Å². The lowest BCUT2D eigenvalue weighted by Gasteiger charge is -2.14. The Hall–Kier alpha value is -1.55. The molecule has 1 unspecified atom stereocenters. The number of hydrogen-bond acceptors (Lipinski definition) is 3. The Bertz CT molecular complexity index is 638. The first-order chi connectivity index (χ1) is 10.0. The van der Waals surface area contributed by atoms with Crippen molar-refractivity contribution in [2.75, 3.05) is 0 Å². The predicted octanol–water partition coefficient (Wildman–Crippen LogP) is 4.14. The van der Waals surface area contributed by atoms with Crippen molar-refractivity contribution < 1.29 is 14.6 Å². The van der Waals surface area contributed by atoms with Gasteiger partial charge in [-0.1, -0.05) is 35.3 Å². The van der Waals surface area contributed by atoms with E-state index >= 15 is 0 Å². The topological polar surface area (TPSA) is 46.5 Å². The van der Waals surface area contributed by atoms with Crippen LogP contribution in [0.25, 0.3) is 0 Å². The maximum atomic E-state index is 12.3. The number of ether oxygens (including phenoxy) is 1. The zero-order valence-electron chi connectivity index (χ0n) is 11.3. The Kier molecular flexibility index (Phi) is 5.23. The van der Waals surface area contributed by atoms with Gasteiger partial charge in [0.25, 0.3) is 0 Å². The van der Waals surface area contributed by atoms with Crippen LogP contribution in [-0.2, 0) is 6.61 Å². The van der Waals surface area contributed by atoms with Gasteiger partial charge in [0.1, 0.15) is 5.75 Å². The maximum Gasteiger partial charge on any atom is 0.204 e. The minimum atomic E-state index is -0.677. The molecule has 0 saturated carbocycles. The standard InChI is InChI=1S/C16H14Cl2O3/c1-10(21-13-5-2-11(9-19)3-6-13)16(20)14-7-4-12(17)8-15(14)18/h2-8,10,19H,9H2,1H3. The van der Waals surface area contributed by atoms with E-state index in [4.69, 9.17) is 33.0 Å². The van der Waals surface area contributed by atoms with Crippen molar-refractivity contribution in [2.45, 2.75) is 19.6 Å². The molecule has 2 rings (SSSR count). The number of halogens is 2. The smallest absolute Gasteiger partial charge is 0.204 e. The summed E-state index contributed by atoms with van der Waals surface area (Å²) in [6.45, 7) is 1.63. The third-order valence-corrected chi connectivity index (χ3v) is 3.53. The largest absolute Gasteiger partial charge is 0.483 e. The molecule has 2 aromatic rings. The summed E-state index contributed by atoms with van der Waals surface area (Å²) in [4.78, 5) is 12.3. The molecule has 0 aliphatic carbocycles. The maximum absolute atomic E-state index is 12.3. The zero-order valence-corrected chi connectivity index (χ0v) is 12.9. The second kappa shape index (κ2) is 6.94. The summed E-state index contributed by atoms with van der Waals surface area (Å²) in [7, 11) is 0. The van der Waals surface area contributed by atoms with Gasteiger partial charge in [-0.15, -0.1) is 0 Å². The van der Waals surface area contributed by atoms with Gasteiger partial charge < -0.3 is 9.84 Å². The molecule has 0 spiro atoms. The Balaban J connectivity index is 2.11. The van der Waals surface area contributed by atoms with Crippen LogP contribution in [0.2, 0.25) is 10.0 Å². The highest BCUT2D eigenvalue weighted by Crippen LogP contribution is 2.23. The van der Waals surface area contributed by atoms with Crippen LogP contribution in [0.15, 0.2) is 42.5 Å². The molecule has 3 nitrogen and oxygen atoms in total. The van der Waals surface area contributed by atoms with Gasteiger partial charge in [-0.2, -0.15) is 0 Å².